The maximum absolute atomic E-state index is 11.6. The lowest BCUT2D eigenvalue weighted by Gasteiger charge is -2.09. The Morgan fingerprint density at radius 2 is 2.06 bits per heavy atom. The topological polar surface area (TPSA) is 60.4 Å². The fraction of sp³-hybridized carbons (Fsp3) is 0.900. The monoisotopic (exact) mass is 268 g/mol. The second kappa shape index (κ2) is 7.95. The SMILES string of the molecule is CCSCCCS(=O)(=O)CC(C)C(=O)OC. The van der Waals surface area contributed by atoms with E-state index in [9.17, 15) is 13.2 Å². The van der Waals surface area contributed by atoms with Crippen molar-refractivity contribution in [3.63, 3.8) is 0 Å². The zero-order valence-corrected chi connectivity index (χ0v) is 11.7. The fourth-order valence-electron chi connectivity index (χ4n) is 1.26. The predicted molar refractivity (Wildman–Crippen MR) is 67.4 cm³/mol. The summed E-state index contributed by atoms with van der Waals surface area (Å²) in [5.74, 6) is 0.846. The van der Waals surface area contributed by atoms with Gasteiger partial charge in [0, 0.05) is 0 Å². The van der Waals surface area contributed by atoms with Gasteiger partial charge in [0.05, 0.1) is 24.5 Å². The summed E-state index contributed by atoms with van der Waals surface area (Å²) in [5, 5.41) is 0. The van der Waals surface area contributed by atoms with E-state index in [1.165, 1.54) is 7.11 Å². The van der Waals surface area contributed by atoms with Crippen molar-refractivity contribution in [2.75, 3.05) is 30.1 Å². The van der Waals surface area contributed by atoms with Gasteiger partial charge in [-0.25, -0.2) is 8.42 Å². The average Bonchev–Trinajstić information content (AvgIpc) is 2.22. The molecule has 96 valence electrons. The summed E-state index contributed by atoms with van der Waals surface area (Å²) in [5.41, 5.74) is 0. The van der Waals surface area contributed by atoms with Crippen LogP contribution in [0.15, 0.2) is 0 Å². The molecule has 0 bridgehead atoms. The zero-order valence-electron chi connectivity index (χ0n) is 10.1. The quantitative estimate of drug-likeness (QED) is 0.491. The molecule has 0 aromatic heterocycles. The van der Waals surface area contributed by atoms with Crippen LogP contribution in [0.2, 0.25) is 0 Å². The van der Waals surface area contributed by atoms with Crippen molar-refractivity contribution in [2.24, 2.45) is 5.92 Å². The Balaban J connectivity index is 4.00. The number of rotatable bonds is 8. The lowest BCUT2D eigenvalue weighted by Crippen LogP contribution is -2.24. The minimum Gasteiger partial charge on any atom is -0.469 e. The summed E-state index contributed by atoms with van der Waals surface area (Å²) in [7, 11) is -1.86. The van der Waals surface area contributed by atoms with Gasteiger partial charge in [0.15, 0.2) is 9.84 Å². The van der Waals surface area contributed by atoms with Crippen molar-refractivity contribution in [2.45, 2.75) is 20.3 Å². The molecule has 0 aromatic carbocycles. The minimum atomic E-state index is -3.13. The van der Waals surface area contributed by atoms with Crippen molar-refractivity contribution < 1.29 is 17.9 Å². The molecule has 0 aliphatic heterocycles. The van der Waals surface area contributed by atoms with E-state index in [1.54, 1.807) is 18.7 Å². The van der Waals surface area contributed by atoms with Crippen LogP contribution in [0.5, 0.6) is 0 Å². The van der Waals surface area contributed by atoms with Crippen LogP contribution in [0.1, 0.15) is 20.3 Å². The van der Waals surface area contributed by atoms with Crippen LogP contribution in [-0.2, 0) is 19.4 Å². The highest BCUT2D eigenvalue weighted by Gasteiger charge is 2.21. The first-order valence-electron chi connectivity index (χ1n) is 5.29. The largest absolute Gasteiger partial charge is 0.469 e. The molecule has 0 aliphatic carbocycles. The van der Waals surface area contributed by atoms with E-state index in [1.807, 2.05) is 6.92 Å². The third-order valence-electron chi connectivity index (χ3n) is 2.06. The van der Waals surface area contributed by atoms with Crippen LogP contribution >= 0.6 is 11.8 Å². The molecular weight excluding hydrogens is 248 g/mol. The molecule has 0 heterocycles. The number of carbonyl (C=O) groups is 1. The smallest absolute Gasteiger partial charge is 0.309 e. The van der Waals surface area contributed by atoms with Crippen LogP contribution in [0.3, 0.4) is 0 Å². The Bertz CT molecular complexity index is 298. The highest BCUT2D eigenvalue weighted by atomic mass is 32.2. The summed E-state index contributed by atoms with van der Waals surface area (Å²) >= 11 is 1.72. The second-order valence-corrected chi connectivity index (χ2v) is 7.21. The van der Waals surface area contributed by atoms with Gasteiger partial charge in [0.2, 0.25) is 0 Å². The second-order valence-electron chi connectivity index (χ2n) is 3.59. The zero-order chi connectivity index (χ0) is 12.6. The van der Waals surface area contributed by atoms with Crippen LogP contribution in [0.25, 0.3) is 0 Å². The number of hydrogen-bond donors (Lipinski definition) is 0. The Labute approximate surface area is 102 Å². The molecule has 6 heteroatoms. The number of carbonyl (C=O) groups excluding carboxylic acids is 1. The molecule has 1 unspecified atom stereocenters. The van der Waals surface area contributed by atoms with E-state index >= 15 is 0 Å². The minimum absolute atomic E-state index is 0.115. The van der Waals surface area contributed by atoms with Gasteiger partial charge in [0.1, 0.15) is 0 Å². The van der Waals surface area contributed by atoms with Crippen molar-refractivity contribution in [1.82, 2.24) is 0 Å². The molecule has 0 fully saturated rings. The summed E-state index contributed by atoms with van der Waals surface area (Å²) in [6, 6.07) is 0. The van der Waals surface area contributed by atoms with Crippen LogP contribution in [-0.4, -0.2) is 44.5 Å². The van der Waals surface area contributed by atoms with Gasteiger partial charge in [-0.3, -0.25) is 4.79 Å². The molecule has 0 aliphatic rings. The molecular formula is C10H20O4S2. The third-order valence-corrected chi connectivity index (χ3v) is 4.96. The number of esters is 1. The van der Waals surface area contributed by atoms with Gasteiger partial charge in [-0.1, -0.05) is 13.8 Å². The van der Waals surface area contributed by atoms with E-state index in [0.717, 1.165) is 11.5 Å². The first-order chi connectivity index (χ1) is 7.43. The summed E-state index contributed by atoms with van der Waals surface area (Å²) < 4.78 is 27.7. The lowest BCUT2D eigenvalue weighted by molar-refractivity contribution is -0.144. The molecule has 0 N–H and O–H groups in total. The van der Waals surface area contributed by atoms with E-state index < -0.39 is 21.7 Å². The fourth-order valence-corrected chi connectivity index (χ4v) is 3.73. The Morgan fingerprint density at radius 1 is 1.44 bits per heavy atom. The normalized spacial score (nSPS) is 13.4. The first kappa shape index (κ1) is 15.8. The van der Waals surface area contributed by atoms with Gasteiger partial charge in [-0.05, 0) is 17.9 Å². The predicted octanol–water partition coefficient (Wildman–Crippen LogP) is 1.35. The standard InChI is InChI=1S/C10H20O4S2/c1-4-15-6-5-7-16(12,13)8-9(2)10(11)14-3/h9H,4-8H2,1-3H3. The summed E-state index contributed by atoms with van der Waals surface area (Å²) in [4.78, 5) is 11.1. The lowest BCUT2D eigenvalue weighted by atomic mass is 10.2. The number of ether oxygens (including phenoxy) is 1. The molecule has 0 saturated carbocycles. The van der Waals surface area contributed by atoms with Gasteiger partial charge in [-0.2, -0.15) is 11.8 Å². The van der Waals surface area contributed by atoms with Crippen LogP contribution in [0.4, 0.5) is 0 Å². The van der Waals surface area contributed by atoms with E-state index in [2.05, 4.69) is 4.74 Å². The maximum Gasteiger partial charge on any atom is 0.309 e. The van der Waals surface area contributed by atoms with Crippen molar-refractivity contribution >= 4 is 27.6 Å². The van der Waals surface area contributed by atoms with Gasteiger partial charge < -0.3 is 4.74 Å². The number of sulfone groups is 1. The molecule has 4 nitrogen and oxygen atoms in total. The first-order valence-corrected chi connectivity index (χ1v) is 8.26. The number of thioether (sulfide) groups is 1. The Morgan fingerprint density at radius 3 is 2.56 bits per heavy atom. The van der Waals surface area contributed by atoms with Gasteiger partial charge >= 0.3 is 5.97 Å². The summed E-state index contributed by atoms with van der Waals surface area (Å²) in [6.07, 6.45) is 0.648. The van der Waals surface area contributed by atoms with Crippen molar-refractivity contribution in [3.8, 4) is 0 Å². The summed E-state index contributed by atoms with van der Waals surface area (Å²) in [6.45, 7) is 3.61. The molecule has 0 spiro atoms. The molecule has 16 heavy (non-hydrogen) atoms. The van der Waals surface area contributed by atoms with E-state index in [4.69, 9.17) is 0 Å². The molecule has 1 atom stereocenters. The van der Waals surface area contributed by atoms with Crippen molar-refractivity contribution in [1.29, 1.82) is 0 Å². The van der Waals surface area contributed by atoms with Gasteiger partial charge in [0.25, 0.3) is 0 Å². The number of methoxy groups -OCH3 is 1. The molecule has 0 radical (unpaired) electrons. The number of hydrogen-bond acceptors (Lipinski definition) is 5. The maximum atomic E-state index is 11.6. The molecule has 0 aromatic rings. The average molecular weight is 268 g/mol. The van der Waals surface area contributed by atoms with E-state index in [0.29, 0.717) is 6.42 Å². The highest BCUT2D eigenvalue weighted by Crippen LogP contribution is 2.08. The van der Waals surface area contributed by atoms with Crippen molar-refractivity contribution in [3.05, 3.63) is 0 Å². The van der Waals surface area contributed by atoms with E-state index in [-0.39, 0.29) is 11.5 Å². The molecule has 0 rings (SSSR count). The molecule has 0 saturated heterocycles. The third kappa shape index (κ3) is 7.11. The highest BCUT2D eigenvalue weighted by molar-refractivity contribution is 7.99. The Kier molecular flexibility index (Phi) is 7.83. The van der Waals surface area contributed by atoms with Gasteiger partial charge in [-0.15, -0.1) is 0 Å². The van der Waals surface area contributed by atoms with Crippen LogP contribution < -0.4 is 0 Å². The van der Waals surface area contributed by atoms with Crippen LogP contribution in [0, 0.1) is 5.92 Å². The Hall–Kier alpha value is -0.230. The molecule has 0 amide bonds.